The highest BCUT2D eigenvalue weighted by Gasteiger charge is 2.28. The number of para-hydroxylation sites is 1. The van der Waals surface area contributed by atoms with Crippen molar-refractivity contribution in [2.45, 2.75) is 17.2 Å². The summed E-state index contributed by atoms with van der Waals surface area (Å²) >= 11 is 7.20. The van der Waals surface area contributed by atoms with Crippen LogP contribution in [0.2, 0.25) is 5.02 Å². The molecule has 0 radical (unpaired) electrons. The second-order valence-corrected chi connectivity index (χ2v) is 10.0. The Labute approximate surface area is 180 Å². The van der Waals surface area contributed by atoms with Crippen LogP contribution in [0.4, 0.5) is 0 Å². The lowest BCUT2D eigenvalue weighted by Gasteiger charge is -2.35. The zero-order valence-corrected chi connectivity index (χ0v) is 18.5. The molecule has 0 spiro atoms. The molecule has 0 aliphatic carbocycles. The number of nitrogens with one attached hydrogen (secondary N) is 1. The van der Waals surface area contributed by atoms with Crippen molar-refractivity contribution in [2.75, 3.05) is 39.3 Å². The predicted molar refractivity (Wildman–Crippen MR) is 114 cm³/mol. The van der Waals surface area contributed by atoms with E-state index >= 15 is 0 Å². The number of halogens is 1. The second kappa shape index (κ2) is 9.90. The van der Waals surface area contributed by atoms with Crippen LogP contribution in [0.25, 0.3) is 0 Å². The van der Waals surface area contributed by atoms with Crippen LogP contribution in [-0.2, 0) is 14.8 Å². The van der Waals surface area contributed by atoms with Crippen LogP contribution in [-0.4, -0.2) is 69.5 Å². The number of sulfonamides is 1. The lowest BCUT2D eigenvalue weighted by Crippen LogP contribution is -2.54. The molecule has 1 saturated heterocycles. The second-order valence-electron chi connectivity index (χ2n) is 6.72. The number of benzene rings is 1. The minimum Gasteiger partial charge on any atom is -0.491 e. The van der Waals surface area contributed by atoms with Gasteiger partial charge < -0.3 is 9.64 Å². The van der Waals surface area contributed by atoms with Gasteiger partial charge in [0.2, 0.25) is 5.91 Å². The van der Waals surface area contributed by atoms with Crippen molar-refractivity contribution in [3.05, 3.63) is 46.8 Å². The fourth-order valence-corrected chi connectivity index (χ4v) is 5.47. The number of thiophene rings is 1. The SMILES string of the molecule is CC(NS(=O)(=O)c1cccs1)C(=O)N1CCN(CCOc2ccccc2Cl)CC1. The Morgan fingerprint density at radius 1 is 1.21 bits per heavy atom. The summed E-state index contributed by atoms with van der Waals surface area (Å²) in [6.07, 6.45) is 0. The van der Waals surface area contributed by atoms with Crippen LogP contribution in [0.1, 0.15) is 6.92 Å². The van der Waals surface area contributed by atoms with Crippen molar-refractivity contribution in [1.82, 2.24) is 14.5 Å². The first-order valence-corrected chi connectivity index (χ1v) is 12.1. The molecule has 1 amide bonds. The number of rotatable bonds is 8. The summed E-state index contributed by atoms with van der Waals surface area (Å²) < 4.78 is 33.0. The Morgan fingerprint density at radius 2 is 1.93 bits per heavy atom. The number of piperazine rings is 1. The molecule has 1 atom stereocenters. The number of hydrogen-bond donors (Lipinski definition) is 1. The van der Waals surface area contributed by atoms with E-state index in [1.54, 1.807) is 29.3 Å². The number of nitrogens with zero attached hydrogens (tertiary/aromatic N) is 2. The van der Waals surface area contributed by atoms with E-state index in [1.165, 1.54) is 6.07 Å². The lowest BCUT2D eigenvalue weighted by molar-refractivity contribution is -0.134. The van der Waals surface area contributed by atoms with Crippen molar-refractivity contribution in [3.8, 4) is 5.75 Å². The molecule has 10 heteroatoms. The maximum absolute atomic E-state index is 12.6. The van der Waals surface area contributed by atoms with Gasteiger partial charge in [-0.25, -0.2) is 8.42 Å². The fraction of sp³-hybridized carbons (Fsp3) is 0.421. The summed E-state index contributed by atoms with van der Waals surface area (Å²) in [5, 5.41) is 2.28. The maximum Gasteiger partial charge on any atom is 0.250 e. The van der Waals surface area contributed by atoms with Crippen molar-refractivity contribution in [2.24, 2.45) is 0 Å². The number of amides is 1. The molecule has 0 saturated carbocycles. The Kier molecular flexibility index (Phi) is 7.53. The molecule has 1 aliphatic rings. The largest absolute Gasteiger partial charge is 0.491 e. The first kappa shape index (κ1) is 22.0. The third-order valence-corrected chi connectivity index (χ3v) is 7.90. The summed E-state index contributed by atoms with van der Waals surface area (Å²) in [7, 11) is -3.67. The molecule has 1 aliphatic heterocycles. The standard InChI is InChI=1S/C19H24ClN3O4S2/c1-15(21-29(25,26)18-7-4-14-28-18)19(24)23-10-8-22(9-11-23)12-13-27-17-6-3-2-5-16(17)20/h2-7,14-15,21H,8-13H2,1H3. The van der Waals surface area contributed by atoms with Gasteiger partial charge in [0.05, 0.1) is 11.1 Å². The van der Waals surface area contributed by atoms with Gasteiger partial charge in [0, 0.05) is 32.7 Å². The molecule has 2 aromatic rings. The van der Waals surface area contributed by atoms with Gasteiger partial charge in [-0.1, -0.05) is 29.8 Å². The molecule has 1 fully saturated rings. The van der Waals surface area contributed by atoms with Gasteiger partial charge in [-0.05, 0) is 30.5 Å². The van der Waals surface area contributed by atoms with Gasteiger partial charge >= 0.3 is 0 Å². The average Bonchev–Trinajstić information content (AvgIpc) is 3.25. The van der Waals surface area contributed by atoms with Crippen LogP contribution in [0.15, 0.2) is 46.0 Å². The van der Waals surface area contributed by atoms with Gasteiger partial charge in [0.1, 0.15) is 16.6 Å². The van der Waals surface area contributed by atoms with Crippen LogP contribution < -0.4 is 9.46 Å². The third kappa shape index (κ3) is 5.93. The highest BCUT2D eigenvalue weighted by atomic mass is 35.5. The molecule has 7 nitrogen and oxygen atoms in total. The van der Waals surface area contributed by atoms with Gasteiger partial charge in [0.25, 0.3) is 10.0 Å². The smallest absolute Gasteiger partial charge is 0.250 e. The Balaban J connectivity index is 1.42. The molecular weight excluding hydrogens is 434 g/mol. The highest BCUT2D eigenvalue weighted by molar-refractivity contribution is 7.91. The van der Waals surface area contributed by atoms with E-state index < -0.39 is 16.1 Å². The molecule has 1 aromatic carbocycles. The first-order valence-electron chi connectivity index (χ1n) is 9.31. The fourth-order valence-electron chi connectivity index (χ4n) is 3.07. The van der Waals surface area contributed by atoms with E-state index in [4.69, 9.17) is 16.3 Å². The van der Waals surface area contributed by atoms with E-state index in [9.17, 15) is 13.2 Å². The van der Waals surface area contributed by atoms with Crippen LogP contribution >= 0.6 is 22.9 Å². The van der Waals surface area contributed by atoms with E-state index in [0.29, 0.717) is 43.6 Å². The summed E-state index contributed by atoms with van der Waals surface area (Å²) in [5.74, 6) is 0.451. The molecule has 1 unspecified atom stereocenters. The topological polar surface area (TPSA) is 79.0 Å². The predicted octanol–water partition coefficient (Wildman–Crippen LogP) is 2.29. The van der Waals surface area contributed by atoms with Crippen LogP contribution in [0.3, 0.4) is 0 Å². The molecule has 2 heterocycles. The highest BCUT2D eigenvalue weighted by Crippen LogP contribution is 2.23. The van der Waals surface area contributed by atoms with Crippen molar-refractivity contribution < 1.29 is 17.9 Å². The summed E-state index contributed by atoms with van der Waals surface area (Å²) in [6.45, 7) is 5.34. The van der Waals surface area contributed by atoms with Crippen molar-refractivity contribution in [3.63, 3.8) is 0 Å². The lowest BCUT2D eigenvalue weighted by atomic mass is 10.2. The zero-order valence-electron chi connectivity index (χ0n) is 16.1. The van der Waals surface area contributed by atoms with E-state index in [1.807, 2.05) is 18.2 Å². The molecule has 1 N–H and O–H groups in total. The van der Waals surface area contributed by atoms with Gasteiger partial charge in [-0.3, -0.25) is 9.69 Å². The maximum atomic E-state index is 12.6. The van der Waals surface area contributed by atoms with E-state index in [0.717, 1.165) is 17.9 Å². The minimum atomic E-state index is -3.67. The minimum absolute atomic E-state index is 0.209. The summed E-state index contributed by atoms with van der Waals surface area (Å²) in [6, 6.07) is 9.73. The number of carbonyl (C=O) groups is 1. The van der Waals surface area contributed by atoms with Crippen LogP contribution in [0, 0.1) is 0 Å². The normalized spacial score (nSPS) is 16.6. The van der Waals surface area contributed by atoms with E-state index in [2.05, 4.69) is 9.62 Å². The third-order valence-electron chi connectivity index (χ3n) is 4.65. The monoisotopic (exact) mass is 457 g/mol. The molecule has 3 rings (SSSR count). The quantitative estimate of drug-likeness (QED) is 0.658. The van der Waals surface area contributed by atoms with Crippen molar-refractivity contribution in [1.29, 1.82) is 0 Å². The molecule has 158 valence electrons. The van der Waals surface area contributed by atoms with Crippen molar-refractivity contribution >= 4 is 38.9 Å². The molecule has 0 bridgehead atoms. The Morgan fingerprint density at radius 3 is 2.59 bits per heavy atom. The Bertz CT molecular complexity index is 913. The zero-order chi connectivity index (χ0) is 20.9. The summed E-state index contributed by atoms with van der Waals surface area (Å²) in [4.78, 5) is 16.5. The van der Waals surface area contributed by atoms with Crippen LogP contribution in [0.5, 0.6) is 5.75 Å². The van der Waals surface area contributed by atoms with Gasteiger partial charge in [-0.15, -0.1) is 11.3 Å². The summed E-state index contributed by atoms with van der Waals surface area (Å²) in [5.41, 5.74) is 0. The number of hydrogen-bond acceptors (Lipinski definition) is 6. The molecular formula is C19H24ClN3O4S2. The number of ether oxygens (including phenoxy) is 1. The Hall–Kier alpha value is -1.65. The van der Waals surface area contributed by atoms with E-state index in [-0.39, 0.29) is 10.1 Å². The average molecular weight is 458 g/mol. The molecule has 1 aromatic heterocycles. The van der Waals surface area contributed by atoms with Gasteiger partial charge in [-0.2, -0.15) is 4.72 Å². The number of carbonyl (C=O) groups excluding carboxylic acids is 1. The first-order chi connectivity index (χ1) is 13.9. The van der Waals surface area contributed by atoms with Gasteiger partial charge in [0.15, 0.2) is 0 Å². The molecule has 29 heavy (non-hydrogen) atoms.